The number of hydrogen-bond acceptors (Lipinski definition) is 5. The second-order valence-corrected chi connectivity index (χ2v) is 9.63. The third kappa shape index (κ3) is 4.73. The van der Waals surface area contributed by atoms with Crippen molar-refractivity contribution in [3.05, 3.63) is 65.9 Å². The SMILES string of the molecule is Cc1ccnc(NC(=O)C2CCN(C(=O)c3cccc(N4NC(=O)C5CC=CCC5C4=O)c3)CC2)c1. The summed E-state index contributed by atoms with van der Waals surface area (Å²) >= 11 is 0. The predicted octanol–water partition coefficient (Wildman–Crippen LogP) is 2.84. The van der Waals surface area contributed by atoms with Crippen LogP contribution in [0.5, 0.6) is 0 Å². The Hall–Kier alpha value is -4.01. The summed E-state index contributed by atoms with van der Waals surface area (Å²) in [6.45, 7) is 2.85. The van der Waals surface area contributed by atoms with Gasteiger partial charge >= 0.3 is 0 Å². The van der Waals surface area contributed by atoms with Gasteiger partial charge in [-0.25, -0.2) is 9.99 Å². The number of pyridine rings is 1. The van der Waals surface area contributed by atoms with E-state index in [2.05, 4.69) is 15.7 Å². The summed E-state index contributed by atoms with van der Waals surface area (Å²) in [7, 11) is 0. The summed E-state index contributed by atoms with van der Waals surface area (Å²) in [4.78, 5) is 57.5. The van der Waals surface area contributed by atoms with E-state index in [1.807, 2.05) is 31.2 Å². The molecule has 0 radical (unpaired) electrons. The maximum atomic E-state index is 13.2. The van der Waals surface area contributed by atoms with Crippen LogP contribution in [0.4, 0.5) is 11.5 Å². The van der Waals surface area contributed by atoms with Gasteiger partial charge in [0.25, 0.3) is 5.91 Å². The van der Waals surface area contributed by atoms with Crippen molar-refractivity contribution in [2.75, 3.05) is 23.4 Å². The van der Waals surface area contributed by atoms with Crippen molar-refractivity contribution in [3.8, 4) is 0 Å². The molecule has 2 aliphatic heterocycles. The van der Waals surface area contributed by atoms with Gasteiger partial charge < -0.3 is 10.2 Å². The molecule has 3 aliphatic rings. The minimum Gasteiger partial charge on any atom is -0.339 e. The molecule has 9 heteroatoms. The van der Waals surface area contributed by atoms with Crippen LogP contribution >= 0.6 is 0 Å². The zero-order chi connectivity index (χ0) is 25.2. The number of nitrogens with zero attached hydrogens (tertiary/aromatic N) is 3. The van der Waals surface area contributed by atoms with Gasteiger partial charge in [-0.2, -0.15) is 0 Å². The van der Waals surface area contributed by atoms with Crippen LogP contribution in [0.2, 0.25) is 0 Å². The van der Waals surface area contributed by atoms with Crippen LogP contribution in [0.25, 0.3) is 0 Å². The van der Waals surface area contributed by atoms with Crippen LogP contribution in [-0.4, -0.2) is 46.6 Å². The molecule has 1 aliphatic carbocycles. The number of anilines is 2. The fraction of sp³-hybridized carbons (Fsp3) is 0.370. The lowest BCUT2D eigenvalue weighted by Crippen LogP contribution is -2.59. The van der Waals surface area contributed by atoms with Crippen molar-refractivity contribution in [1.82, 2.24) is 15.3 Å². The van der Waals surface area contributed by atoms with Gasteiger partial charge in [0, 0.05) is 30.8 Å². The number of amides is 4. The lowest BCUT2D eigenvalue weighted by Gasteiger charge is -2.38. The van der Waals surface area contributed by atoms with Gasteiger partial charge in [-0.15, -0.1) is 0 Å². The molecule has 9 nitrogen and oxygen atoms in total. The quantitative estimate of drug-likeness (QED) is 0.644. The molecule has 2 aromatic rings. The number of aryl methyl sites for hydroxylation is 1. The number of aromatic nitrogens is 1. The van der Waals surface area contributed by atoms with Crippen molar-refractivity contribution in [1.29, 1.82) is 0 Å². The largest absolute Gasteiger partial charge is 0.339 e. The molecule has 0 spiro atoms. The molecule has 2 atom stereocenters. The highest BCUT2D eigenvalue weighted by molar-refractivity contribution is 6.05. The van der Waals surface area contributed by atoms with Gasteiger partial charge in [0.05, 0.1) is 17.5 Å². The number of carbonyl (C=O) groups excluding carboxylic acids is 4. The molecule has 36 heavy (non-hydrogen) atoms. The van der Waals surface area contributed by atoms with Gasteiger partial charge in [-0.05, 0) is 68.5 Å². The molecule has 3 heterocycles. The van der Waals surface area contributed by atoms with E-state index in [1.54, 1.807) is 35.4 Å². The minimum atomic E-state index is -0.386. The summed E-state index contributed by atoms with van der Waals surface area (Å²) in [5, 5.41) is 4.14. The lowest BCUT2D eigenvalue weighted by molar-refractivity contribution is -0.140. The van der Waals surface area contributed by atoms with E-state index in [4.69, 9.17) is 0 Å². The van der Waals surface area contributed by atoms with Crippen LogP contribution in [0, 0.1) is 24.7 Å². The highest BCUT2D eigenvalue weighted by atomic mass is 16.2. The van der Waals surface area contributed by atoms with Crippen LogP contribution in [0.15, 0.2) is 54.7 Å². The molecule has 2 N–H and O–H groups in total. The first-order chi connectivity index (χ1) is 17.4. The maximum Gasteiger partial charge on any atom is 0.253 e. The monoisotopic (exact) mass is 487 g/mol. The number of benzene rings is 1. The molecule has 186 valence electrons. The fourth-order valence-electron chi connectivity index (χ4n) is 5.12. The maximum absolute atomic E-state index is 13.2. The normalized spacial score (nSPS) is 22.1. The van der Waals surface area contributed by atoms with Crippen molar-refractivity contribution in [2.24, 2.45) is 17.8 Å². The number of hydrazine groups is 1. The molecule has 2 saturated heterocycles. The Balaban J connectivity index is 1.22. The number of piperidine rings is 1. The van der Waals surface area contributed by atoms with Gasteiger partial charge in [-0.3, -0.25) is 24.6 Å². The van der Waals surface area contributed by atoms with Crippen LogP contribution in [0.1, 0.15) is 41.6 Å². The lowest BCUT2D eigenvalue weighted by atomic mass is 9.80. The Labute approximate surface area is 209 Å². The molecule has 2 unspecified atom stereocenters. The first kappa shape index (κ1) is 23.7. The second kappa shape index (κ2) is 9.93. The second-order valence-electron chi connectivity index (χ2n) is 9.63. The molecular weight excluding hydrogens is 458 g/mol. The molecule has 1 aromatic carbocycles. The van der Waals surface area contributed by atoms with E-state index in [-0.39, 0.29) is 41.4 Å². The van der Waals surface area contributed by atoms with Crippen molar-refractivity contribution < 1.29 is 19.2 Å². The minimum absolute atomic E-state index is 0.0857. The summed E-state index contributed by atoms with van der Waals surface area (Å²) in [6, 6.07) is 10.5. The standard InChI is InChI=1S/C27H29N5O4/c1-17-9-12-28-23(15-17)29-24(33)18-10-13-31(14-11-18)26(35)19-5-4-6-20(16-19)32-27(36)22-8-3-2-7-21(22)25(34)30-32/h2-6,9,12,15-16,18,21-22H,7-8,10-11,13-14H2,1H3,(H,30,34)(H,28,29,33). The summed E-state index contributed by atoms with van der Waals surface area (Å²) in [5.41, 5.74) is 4.63. The van der Waals surface area contributed by atoms with Crippen molar-refractivity contribution in [3.63, 3.8) is 0 Å². The molecule has 2 fully saturated rings. The number of hydrogen-bond donors (Lipinski definition) is 2. The van der Waals surface area contributed by atoms with Gasteiger partial charge in [0.2, 0.25) is 17.7 Å². The highest BCUT2D eigenvalue weighted by Gasteiger charge is 2.42. The first-order valence-electron chi connectivity index (χ1n) is 12.3. The summed E-state index contributed by atoms with van der Waals surface area (Å²) < 4.78 is 0. The molecule has 0 bridgehead atoms. The molecule has 5 rings (SSSR count). The van der Waals surface area contributed by atoms with E-state index < -0.39 is 0 Å². The van der Waals surface area contributed by atoms with Gasteiger partial charge in [0.15, 0.2) is 0 Å². The molecule has 1 aromatic heterocycles. The number of nitrogens with one attached hydrogen (secondary N) is 2. The Kier molecular flexibility index (Phi) is 6.54. The number of allylic oxidation sites excluding steroid dienone is 2. The fourth-order valence-corrected chi connectivity index (χ4v) is 5.12. The summed E-state index contributed by atoms with van der Waals surface area (Å²) in [6.07, 6.45) is 7.75. The predicted molar refractivity (Wildman–Crippen MR) is 134 cm³/mol. The Morgan fingerprint density at radius 1 is 1.03 bits per heavy atom. The average Bonchev–Trinajstić information content (AvgIpc) is 2.90. The van der Waals surface area contributed by atoms with E-state index in [9.17, 15) is 19.2 Å². The molecular formula is C27H29N5O4. The number of likely N-dealkylation sites (tertiary alicyclic amines) is 1. The zero-order valence-corrected chi connectivity index (χ0v) is 20.1. The Bertz CT molecular complexity index is 1230. The van der Waals surface area contributed by atoms with Crippen molar-refractivity contribution >= 4 is 35.1 Å². The van der Waals surface area contributed by atoms with Crippen LogP contribution in [0.3, 0.4) is 0 Å². The topological polar surface area (TPSA) is 112 Å². The molecule has 0 saturated carbocycles. The average molecular weight is 488 g/mol. The van der Waals surface area contributed by atoms with E-state index in [0.717, 1.165) is 5.56 Å². The van der Waals surface area contributed by atoms with E-state index >= 15 is 0 Å². The summed E-state index contributed by atoms with van der Waals surface area (Å²) in [5.74, 6) is -0.980. The zero-order valence-electron chi connectivity index (χ0n) is 20.1. The van der Waals surface area contributed by atoms with Gasteiger partial charge in [0.1, 0.15) is 5.82 Å². The van der Waals surface area contributed by atoms with E-state index in [1.165, 1.54) is 5.01 Å². The Morgan fingerprint density at radius 3 is 2.53 bits per heavy atom. The Morgan fingerprint density at radius 2 is 1.78 bits per heavy atom. The smallest absolute Gasteiger partial charge is 0.253 e. The van der Waals surface area contributed by atoms with Crippen LogP contribution in [-0.2, 0) is 14.4 Å². The highest BCUT2D eigenvalue weighted by Crippen LogP contribution is 2.32. The van der Waals surface area contributed by atoms with Crippen molar-refractivity contribution in [2.45, 2.75) is 32.6 Å². The van der Waals surface area contributed by atoms with E-state index in [0.29, 0.717) is 55.8 Å². The number of carbonyl (C=O) groups is 4. The first-order valence-corrected chi connectivity index (χ1v) is 12.3. The van der Waals surface area contributed by atoms with Crippen LogP contribution < -0.4 is 15.8 Å². The third-order valence-corrected chi connectivity index (χ3v) is 7.20. The number of rotatable bonds is 4. The number of fused-ring (bicyclic) bond motifs is 1. The molecule has 4 amide bonds. The third-order valence-electron chi connectivity index (χ3n) is 7.20. The van der Waals surface area contributed by atoms with Gasteiger partial charge in [-0.1, -0.05) is 18.2 Å².